The van der Waals surface area contributed by atoms with Crippen molar-refractivity contribution in [3.8, 4) is 11.3 Å². The fourth-order valence-corrected chi connectivity index (χ4v) is 5.15. The van der Waals surface area contributed by atoms with Crippen LogP contribution in [0.5, 0.6) is 0 Å². The number of allylic oxidation sites excluding steroid dienone is 3. The van der Waals surface area contributed by atoms with E-state index in [2.05, 4.69) is 28.2 Å². The number of carbonyl (C=O) groups excluding carboxylic acids is 1. The number of hydrogen-bond donors (Lipinski definition) is 1. The molecule has 6 heteroatoms. The monoisotopic (exact) mass is 447 g/mol. The maximum atomic E-state index is 13.9. The van der Waals surface area contributed by atoms with Gasteiger partial charge >= 0.3 is 0 Å². The Kier molecular flexibility index (Phi) is 5.15. The van der Waals surface area contributed by atoms with Crippen LogP contribution in [0.25, 0.3) is 33.4 Å². The lowest BCUT2D eigenvalue weighted by atomic mass is 9.86. The summed E-state index contributed by atoms with van der Waals surface area (Å²) < 4.78 is 1.61. The molecule has 2 aromatic carbocycles. The zero-order chi connectivity index (χ0) is 23.1. The largest absolute Gasteiger partial charge is 0.327 e. The van der Waals surface area contributed by atoms with E-state index in [9.17, 15) is 4.79 Å². The molecule has 0 fully saturated rings. The van der Waals surface area contributed by atoms with Crippen LogP contribution in [0, 0.1) is 0 Å². The minimum atomic E-state index is -0.134. The van der Waals surface area contributed by atoms with Gasteiger partial charge in [-0.25, -0.2) is 0 Å². The number of rotatable bonds is 4. The highest BCUT2D eigenvalue weighted by atomic mass is 16.2. The van der Waals surface area contributed by atoms with Gasteiger partial charge in [0.05, 0.1) is 16.7 Å². The van der Waals surface area contributed by atoms with Gasteiger partial charge in [-0.05, 0) is 54.5 Å². The molecule has 34 heavy (non-hydrogen) atoms. The molecule has 2 N–H and O–H groups in total. The second kappa shape index (κ2) is 8.47. The normalized spacial score (nSPS) is 16.0. The zero-order valence-electron chi connectivity index (χ0n) is 18.9. The molecule has 0 unspecified atom stereocenters. The van der Waals surface area contributed by atoms with E-state index in [4.69, 9.17) is 10.8 Å². The maximum absolute atomic E-state index is 13.9. The molecule has 0 saturated carbocycles. The second-order valence-electron chi connectivity index (χ2n) is 8.85. The van der Waals surface area contributed by atoms with Crippen LogP contribution in [0.3, 0.4) is 0 Å². The predicted octanol–water partition coefficient (Wildman–Crippen LogP) is 5.06. The zero-order valence-corrected chi connectivity index (χ0v) is 18.9. The number of aromatic nitrogens is 4. The molecular formula is C28H25N5O. The summed E-state index contributed by atoms with van der Waals surface area (Å²) in [5, 5.41) is 4.91. The fourth-order valence-electron chi connectivity index (χ4n) is 5.15. The van der Waals surface area contributed by atoms with E-state index in [1.807, 2.05) is 36.4 Å². The van der Waals surface area contributed by atoms with Gasteiger partial charge in [0, 0.05) is 42.1 Å². The molecule has 2 aromatic heterocycles. The molecule has 0 radical (unpaired) electrons. The molecule has 0 bridgehead atoms. The molecule has 0 saturated heterocycles. The Morgan fingerprint density at radius 2 is 1.76 bits per heavy atom. The average Bonchev–Trinajstić information content (AvgIpc) is 3.29. The third-order valence-corrected chi connectivity index (χ3v) is 6.79. The number of nitrogens with zero attached hydrogens (tertiary/aromatic N) is 4. The van der Waals surface area contributed by atoms with Crippen LogP contribution in [-0.2, 0) is 6.42 Å². The van der Waals surface area contributed by atoms with Gasteiger partial charge in [0.25, 0.3) is 5.91 Å². The second-order valence-corrected chi connectivity index (χ2v) is 8.85. The lowest BCUT2D eigenvalue weighted by Crippen LogP contribution is -2.27. The van der Waals surface area contributed by atoms with Crippen molar-refractivity contribution in [1.29, 1.82) is 0 Å². The lowest BCUT2D eigenvalue weighted by Gasteiger charge is -2.22. The summed E-state index contributed by atoms with van der Waals surface area (Å²) in [6.45, 7) is 0.309. The Morgan fingerprint density at radius 3 is 2.53 bits per heavy atom. The summed E-state index contributed by atoms with van der Waals surface area (Å²) in [5.41, 5.74) is 15.4. The summed E-state index contributed by atoms with van der Waals surface area (Å²) >= 11 is 0. The highest BCUT2D eigenvalue weighted by Gasteiger charge is 2.33. The van der Waals surface area contributed by atoms with Crippen molar-refractivity contribution in [1.82, 2.24) is 19.7 Å². The molecule has 6 nitrogen and oxygen atoms in total. The number of hydrogen-bond acceptors (Lipinski definition) is 5. The van der Waals surface area contributed by atoms with Gasteiger partial charge in [0.2, 0.25) is 0 Å². The molecule has 1 aliphatic carbocycles. The van der Waals surface area contributed by atoms with E-state index in [1.165, 1.54) is 12.0 Å². The SMILES string of the molecule is NCC1=C(c2ccc3nccnc3c2)C(=O)n2nc(-c3ccccc3)c(C3=CCCCC3)c2C1. The molecule has 2 aliphatic rings. The first-order valence-electron chi connectivity index (χ1n) is 11.8. The smallest absolute Gasteiger partial charge is 0.279 e. The first-order chi connectivity index (χ1) is 16.7. The van der Waals surface area contributed by atoms with Crippen molar-refractivity contribution in [3.05, 3.63) is 89.4 Å². The summed E-state index contributed by atoms with van der Waals surface area (Å²) in [5.74, 6) is -0.134. The van der Waals surface area contributed by atoms with Gasteiger partial charge < -0.3 is 5.73 Å². The Morgan fingerprint density at radius 1 is 0.941 bits per heavy atom. The first kappa shape index (κ1) is 20.7. The van der Waals surface area contributed by atoms with Gasteiger partial charge in [-0.1, -0.05) is 42.5 Å². The van der Waals surface area contributed by atoms with E-state index < -0.39 is 0 Å². The average molecular weight is 448 g/mol. The number of nitrogens with two attached hydrogens (primary N) is 1. The van der Waals surface area contributed by atoms with Crippen LogP contribution in [-0.4, -0.2) is 32.2 Å². The minimum absolute atomic E-state index is 0.134. The Hall–Kier alpha value is -3.90. The quantitative estimate of drug-likeness (QED) is 0.473. The van der Waals surface area contributed by atoms with Crippen LogP contribution in [0.4, 0.5) is 0 Å². The summed E-state index contributed by atoms with van der Waals surface area (Å²) in [7, 11) is 0. The molecular weight excluding hydrogens is 422 g/mol. The molecule has 6 rings (SSSR count). The third-order valence-electron chi connectivity index (χ3n) is 6.79. The summed E-state index contributed by atoms with van der Waals surface area (Å²) in [6.07, 6.45) is 10.7. The van der Waals surface area contributed by atoms with E-state index in [0.717, 1.165) is 63.9 Å². The first-order valence-corrected chi connectivity index (χ1v) is 11.8. The molecule has 168 valence electrons. The van der Waals surface area contributed by atoms with Crippen LogP contribution in [0.1, 0.15) is 47.3 Å². The van der Waals surface area contributed by atoms with Crippen molar-refractivity contribution in [3.63, 3.8) is 0 Å². The van der Waals surface area contributed by atoms with E-state index in [0.29, 0.717) is 18.5 Å². The van der Waals surface area contributed by atoms with Crippen molar-refractivity contribution in [2.75, 3.05) is 6.54 Å². The Bertz CT molecular complexity index is 1480. The number of fused-ring (bicyclic) bond motifs is 2. The lowest BCUT2D eigenvalue weighted by molar-refractivity contribution is 0.0958. The highest BCUT2D eigenvalue weighted by molar-refractivity contribution is 6.23. The number of carbonyl (C=O) groups is 1. The van der Waals surface area contributed by atoms with E-state index in [1.54, 1.807) is 17.1 Å². The molecule has 0 spiro atoms. The van der Waals surface area contributed by atoms with Crippen LogP contribution in [0.15, 0.2) is 72.6 Å². The molecule has 0 atom stereocenters. The van der Waals surface area contributed by atoms with Gasteiger partial charge in [-0.15, -0.1) is 0 Å². The topological polar surface area (TPSA) is 86.7 Å². The van der Waals surface area contributed by atoms with E-state index in [-0.39, 0.29) is 5.91 Å². The van der Waals surface area contributed by atoms with Crippen molar-refractivity contribution < 1.29 is 4.79 Å². The summed E-state index contributed by atoms with van der Waals surface area (Å²) in [4.78, 5) is 22.7. The molecule has 1 aliphatic heterocycles. The minimum Gasteiger partial charge on any atom is -0.327 e. The van der Waals surface area contributed by atoms with Gasteiger partial charge in [-0.3, -0.25) is 14.8 Å². The highest BCUT2D eigenvalue weighted by Crippen LogP contribution is 2.40. The Labute approximate surface area is 197 Å². The predicted molar refractivity (Wildman–Crippen MR) is 134 cm³/mol. The van der Waals surface area contributed by atoms with Crippen molar-refractivity contribution in [2.24, 2.45) is 5.73 Å². The van der Waals surface area contributed by atoms with Gasteiger partial charge in [0.15, 0.2) is 0 Å². The van der Waals surface area contributed by atoms with Crippen molar-refractivity contribution in [2.45, 2.75) is 32.1 Å². The van der Waals surface area contributed by atoms with Gasteiger partial charge in [0.1, 0.15) is 5.69 Å². The van der Waals surface area contributed by atoms with Crippen molar-refractivity contribution >= 4 is 28.1 Å². The van der Waals surface area contributed by atoms with Crippen LogP contribution >= 0.6 is 0 Å². The maximum Gasteiger partial charge on any atom is 0.279 e. The van der Waals surface area contributed by atoms with Gasteiger partial charge in [-0.2, -0.15) is 9.78 Å². The number of benzene rings is 2. The van der Waals surface area contributed by atoms with Crippen LogP contribution in [0.2, 0.25) is 0 Å². The van der Waals surface area contributed by atoms with Crippen LogP contribution < -0.4 is 5.73 Å². The molecule has 4 aromatic rings. The van der Waals surface area contributed by atoms with E-state index >= 15 is 0 Å². The fraction of sp³-hybridized carbons (Fsp3) is 0.214. The third kappa shape index (κ3) is 3.38. The Balaban J connectivity index is 1.54. The molecule has 3 heterocycles. The summed E-state index contributed by atoms with van der Waals surface area (Å²) in [6, 6.07) is 15.9. The molecule has 0 amide bonds. The standard InChI is InChI=1S/C28H25N5O/c29-17-21-16-24-26(18-7-3-1-4-8-18)27(19-9-5-2-6-10-19)32-33(24)28(34)25(21)20-11-12-22-23(15-20)31-14-13-30-22/h2,5-7,9-15H,1,3-4,8,16-17,29H2.